The molecule has 1 aliphatic heterocycles. The van der Waals surface area contributed by atoms with Crippen molar-refractivity contribution >= 4 is 28.5 Å². The van der Waals surface area contributed by atoms with Crippen LogP contribution in [0.4, 0.5) is 10.1 Å². The molecule has 154 valence electrons. The van der Waals surface area contributed by atoms with Gasteiger partial charge in [-0.15, -0.1) is 0 Å². The van der Waals surface area contributed by atoms with Crippen molar-refractivity contribution in [3.05, 3.63) is 54.0 Å². The molecule has 3 aromatic rings. The van der Waals surface area contributed by atoms with E-state index in [1.54, 1.807) is 18.2 Å². The molecule has 1 N–H and O–H groups in total. The van der Waals surface area contributed by atoms with Crippen molar-refractivity contribution in [2.45, 2.75) is 0 Å². The Hall–Kier alpha value is -3.88. The van der Waals surface area contributed by atoms with E-state index in [2.05, 4.69) is 15.0 Å². The minimum Gasteiger partial charge on any atom is -0.486 e. The number of methoxy groups -OCH3 is 1. The molecule has 0 atom stereocenters. The molecule has 1 aromatic heterocycles. The molecule has 4 rings (SSSR count). The number of hydrogen-bond donors (Lipinski definition) is 1. The molecule has 0 saturated carbocycles. The fourth-order valence-corrected chi connectivity index (χ4v) is 2.96. The van der Waals surface area contributed by atoms with Gasteiger partial charge in [-0.25, -0.2) is 14.2 Å². The summed E-state index contributed by atoms with van der Waals surface area (Å²) < 4.78 is 34.9. The van der Waals surface area contributed by atoms with Crippen molar-refractivity contribution in [1.29, 1.82) is 0 Å². The van der Waals surface area contributed by atoms with Crippen molar-refractivity contribution in [1.82, 2.24) is 4.98 Å². The third-order valence-electron chi connectivity index (χ3n) is 4.31. The predicted molar refractivity (Wildman–Crippen MR) is 105 cm³/mol. The Morgan fingerprint density at radius 1 is 1.10 bits per heavy atom. The summed E-state index contributed by atoms with van der Waals surface area (Å²) in [6, 6.07) is 10.2. The predicted octanol–water partition coefficient (Wildman–Crippen LogP) is 2.95. The van der Waals surface area contributed by atoms with Gasteiger partial charge in [0, 0.05) is 23.2 Å². The van der Waals surface area contributed by atoms with E-state index in [0.29, 0.717) is 41.3 Å². The fourth-order valence-electron chi connectivity index (χ4n) is 2.96. The van der Waals surface area contributed by atoms with E-state index >= 15 is 0 Å². The topological polar surface area (TPSA) is 96.0 Å². The SMILES string of the molecule is COC(=O)c1cc(OCC(=O)Nc2ccc3c(c2)OCCO3)c2cc(F)ccc2n1. The lowest BCUT2D eigenvalue weighted by molar-refractivity contribution is -0.118. The van der Waals surface area contributed by atoms with Gasteiger partial charge < -0.3 is 24.3 Å². The van der Waals surface area contributed by atoms with Crippen LogP contribution in [0, 0.1) is 5.82 Å². The van der Waals surface area contributed by atoms with E-state index in [1.807, 2.05) is 0 Å². The third-order valence-corrected chi connectivity index (χ3v) is 4.31. The zero-order valence-electron chi connectivity index (χ0n) is 15.9. The number of aromatic nitrogens is 1. The first-order valence-electron chi connectivity index (χ1n) is 9.04. The summed E-state index contributed by atoms with van der Waals surface area (Å²) in [7, 11) is 1.22. The first kappa shape index (κ1) is 19.4. The number of benzene rings is 2. The number of esters is 1. The normalized spacial score (nSPS) is 12.3. The summed E-state index contributed by atoms with van der Waals surface area (Å²) >= 11 is 0. The molecule has 0 bridgehead atoms. The maximum Gasteiger partial charge on any atom is 0.356 e. The van der Waals surface area contributed by atoms with Crippen molar-refractivity contribution < 1.29 is 32.9 Å². The zero-order valence-corrected chi connectivity index (χ0v) is 15.9. The number of carbonyl (C=O) groups is 2. The molecule has 30 heavy (non-hydrogen) atoms. The van der Waals surface area contributed by atoms with E-state index in [4.69, 9.17) is 14.2 Å². The molecule has 1 aliphatic rings. The van der Waals surface area contributed by atoms with Crippen molar-refractivity contribution in [2.24, 2.45) is 0 Å². The van der Waals surface area contributed by atoms with Crippen LogP contribution in [0.15, 0.2) is 42.5 Å². The number of anilines is 1. The molecule has 2 aromatic carbocycles. The van der Waals surface area contributed by atoms with Crippen LogP contribution in [0.3, 0.4) is 0 Å². The average molecular weight is 412 g/mol. The maximum absolute atomic E-state index is 13.7. The first-order valence-corrected chi connectivity index (χ1v) is 9.04. The van der Waals surface area contributed by atoms with E-state index in [9.17, 15) is 14.0 Å². The Morgan fingerprint density at radius 2 is 1.90 bits per heavy atom. The van der Waals surface area contributed by atoms with Gasteiger partial charge in [0.05, 0.1) is 12.6 Å². The third kappa shape index (κ3) is 4.09. The quantitative estimate of drug-likeness (QED) is 0.644. The second-order valence-electron chi connectivity index (χ2n) is 6.35. The Labute approximate surface area is 170 Å². The maximum atomic E-state index is 13.7. The van der Waals surface area contributed by atoms with Gasteiger partial charge >= 0.3 is 5.97 Å². The Balaban J connectivity index is 1.51. The standard InChI is InChI=1S/C21H17FN2O6/c1-27-21(26)16-10-18(14-8-12(22)2-4-15(14)24-16)30-11-20(25)23-13-3-5-17-19(9-13)29-7-6-28-17/h2-5,8-10H,6-7,11H2,1H3,(H,23,25). The molecular formula is C21H17FN2O6. The summed E-state index contributed by atoms with van der Waals surface area (Å²) in [4.78, 5) is 28.3. The van der Waals surface area contributed by atoms with Crippen LogP contribution in [0.1, 0.15) is 10.5 Å². The van der Waals surface area contributed by atoms with Gasteiger partial charge in [0.1, 0.15) is 24.8 Å². The van der Waals surface area contributed by atoms with Gasteiger partial charge in [-0.1, -0.05) is 0 Å². The number of hydrogen-bond acceptors (Lipinski definition) is 7. The molecule has 0 unspecified atom stereocenters. The van der Waals surface area contributed by atoms with E-state index in [1.165, 1.54) is 31.4 Å². The van der Waals surface area contributed by atoms with Crippen molar-refractivity contribution in [3.8, 4) is 17.2 Å². The molecule has 0 aliphatic carbocycles. The van der Waals surface area contributed by atoms with Crippen LogP contribution >= 0.6 is 0 Å². The molecule has 0 radical (unpaired) electrons. The molecule has 1 amide bonds. The van der Waals surface area contributed by atoms with Gasteiger partial charge in [0.15, 0.2) is 23.8 Å². The molecule has 0 saturated heterocycles. The smallest absolute Gasteiger partial charge is 0.356 e. The summed E-state index contributed by atoms with van der Waals surface area (Å²) in [6.45, 7) is 0.535. The number of ether oxygens (including phenoxy) is 4. The number of fused-ring (bicyclic) bond motifs is 2. The highest BCUT2D eigenvalue weighted by molar-refractivity contribution is 5.95. The second kappa shape index (κ2) is 8.24. The van der Waals surface area contributed by atoms with E-state index in [-0.39, 0.29) is 18.1 Å². The summed E-state index contributed by atoms with van der Waals surface area (Å²) in [5.74, 6) is -0.341. The van der Waals surface area contributed by atoms with Crippen LogP contribution < -0.4 is 19.5 Å². The highest BCUT2D eigenvalue weighted by atomic mass is 19.1. The average Bonchev–Trinajstić information content (AvgIpc) is 2.76. The van der Waals surface area contributed by atoms with Crippen LogP contribution in [0.2, 0.25) is 0 Å². The minimum atomic E-state index is -0.674. The lowest BCUT2D eigenvalue weighted by Gasteiger charge is -2.19. The number of pyridine rings is 1. The largest absolute Gasteiger partial charge is 0.486 e. The summed E-state index contributed by atoms with van der Waals surface area (Å²) in [6.07, 6.45) is 0. The van der Waals surface area contributed by atoms with Gasteiger partial charge in [0.2, 0.25) is 0 Å². The zero-order chi connectivity index (χ0) is 21.1. The number of nitrogens with zero attached hydrogens (tertiary/aromatic N) is 1. The number of nitrogens with one attached hydrogen (secondary N) is 1. The Bertz CT molecular complexity index is 1130. The van der Waals surface area contributed by atoms with Gasteiger partial charge in [-0.2, -0.15) is 0 Å². The van der Waals surface area contributed by atoms with Gasteiger partial charge in [-0.05, 0) is 30.3 Å². The number of amides is 1. The Kier molecular flexibility index (Phi) is 5.34. The van der Waals surface area contributed by atoms with E-state index in [0.717, 1.165) is 0 Å². The van der Waals surface area contributed by atoms with Crippen LogP contribution in [-0.4, -0.2) is 43.8 Å². The molecule has 9 heteroatoms. The number of halogens is 1. The summed E-state index contributed by atoms with van der Waals surface area (Å²) in [5, 5.41) is 3.02. The highest BCUT2D eigenvalue weighted by Crippen LogP contribution is 2.32. The molecular weight excluding hydrogens is 395 g/mol. The summed E-state index contributed by atoms with van der Waals surface area (Å²) in [5.41, 5.74) is 0.828. The van der Waals surface area contributed by atoms with E-state index < -0.39 is 17.7 Å². The van der Waals surface area contributed by atoms with Crippen LogP contribution in [0.5, 0.6) is 17.2 Å². The van der Waals surface area contributed by atoms with Gasteiger partial charge in [-0.3, -0.25) is 4.79 Å². The van der Waals surface area contributed by atoms with Crippen LogP contribution in [-0.2, 0) is 9.53 Å². The lowest BCUT2D eigenvalue weighted by Crippen LogP contribution is -2.21. The minimum absolute atomic E-state index is 0.0150. The van der Waals surface area contributed by atoms with Crippen LogP contribution in [0.25, 0.3) is 10.9 Å². The number of carbonyl (C=O) groups excluding carboxylic acids is 2. The second-order valence-corrected chi connectivity index (χ2v) is 6.35. The molecule has 0 fully saturated rings. The Morgan fingerprint density at radius 3 is 2.70 bits per heavy atom. The monoisotopic (exact) mass is 412 g/mol. The lowest BCUT2D eigenvalue weighted by atomic mass is 10.1. The van der Waals surface area contributed by atoms with Gasteiger partial charge in [0.25, 0.3) is 5.91 Å². The fraction of sp³-hybridized carbons (Fsp3) is 0.190. The molecule has 8 nitrogen and oxygen atoms in total. The van der Waals surface area contributed by atoms with Crippen molar-refractivity contribution in [2.75, 3.05) is 32.2 Å². The highest BCUT2D eigenvalue weighted by Gasteiger charge is 2.16. The van der Waals surface area contributed by atoms with Crippen molar-refractivity contribution in [3.63, 3.8) is 0 Å². The molecule has 0 spiro atoms. The first-order chi connectivity index (χ1) is 14.5. The molecule has 2 heterocycles. The number of rotatable bonds is 5.